The molecule has 0 spiro atoms. The summed E-state index contributed by atoms with van der Waals surface area (Å²) in [5.41, 5.74) is 7.74. The summed E-state index contributed by atoms with van der Waals surface area (Å²) in [6, 6.07) is 18.9. The first-order valence-electron chi connectivity index (χ1n) is 9.87. The van der Waals surface area contributed by atoms with Crippen molar-refractivity contribution in [2.45, 2.75) is 33.1 Å². The number of allylic oxidation sites excluding steroid dienone is 2. The lowest BCUT2D eigenvalue weighted by molar-refractivity contribution is 1.03. The molecule has 0 fully saturated rings. The van der Waals surface area contributed by atoms with Crippen LogP contribution in [0.15, 0.2) is 85.5 Å². The van der Waals surface area contributed by atoms with Crippen LogP contribution in [0.3, 0.4) is 0 Å². The zero-order valence-corrected chi connectivity index (χ0v) is 17.2. The molecule has 3 aromatic rings. The zero-order chi connectivity index (χ0) is 20.6. The first kappa shape index (κ1) is 20.3. The van der Waals surface area contributed by atoms with Gasteiger partial charge in [0.05, 0.1) is 5.69 Å². The number of nitrogens with one attached hydrogen (secondary N) is 2. The predicted octanol–water partition coefficient (Wildman–Crippen LogP) is 5.74. The van der Waals surface area contributed by atoms with Crippen LogP contribution in [0, 0.1) is 0 Å². The van der Waals surface area contributed by atoms with Crippen LogP contribution in [0.5, 0.6) is 0 Å². The first-order valence-corrected chi connectivity index (χ1v) is 9.87. The minimum Gasteiger partial charge on any atom is -0.359 e. The highest BCUT2D eigenvalue weighted by molar-refractivity contribution is 5.50. The summed E-state index contributed by atoms with van der Waals surface area (Å²) in [5.74, 6) is 0.768. The molecule has 0 saturated carbocycles. The van der Waals surface area contributed by atoms with Crippen molar-refractivity contribution in [3.63, 3.8) is 0 Å². The largest absolute Gasteiger partial charge is 0.359 e. The molecule has 2 aromatic carbocycles. The van der Waals surface area contributed by atoms with E-state index < -0.39 is 0 Å². The summed E-state index contributed by atoms with van der Waals surface area (Å²) < 4.78 is 0. The van der Waals surface area contributed by atoms with E-state index in [0.717, 1.165) is 47.9 Å². The average molecular weight is 385 g/mol. The van der Waals surface area contributed by atoms with Gasteiger partial charge in [-0.15, -0.1) is 0 Å². The number of nitrogens with zero attached hydrogens (tertiary/aromatic N) is 2. The maximum absolute atomic E-state index is 4.37. The molecule has 4 nitrogen and oxygen atoms in total. The van der Waals surface area contributed by atoms with Crippen LogP contribution in [0.1, 0.15) is 36.2 Å². The molecule has 4 heteroatoms. The van der Waals surface area contributed by atoms with Gasteiger partial charge in [-0.1, -0.05) is 56.5 Å². The van der Waals surface area contributed by atoms with Gasteiger partial charge in [-0.2, -0.15) is 0 Å². The summed E-state index contributed by atoms with van der Waals surface area (Å²) in [5, 5.41) is 6.55. The topological polar surface area (TPSA) is 49.8 Å². The monoisotopic (exact) mass is 384 g/mol. The third-order valence-corrected chi connectivity index (χ3v) is 4.63. The summed E-state index contributed by atoms with van der Waals surface area (Å²) >= 11 is 0. The maximum Gasteiger partial charge on any atom is 0.133 e. The molecule has 0 unspecified atom stereocenters. The molecule has 3 rings (SSSR count). The molecule has 0 atom stereocenters. The molecule has 0 amide bonds. The maximum atomic E-state index is 4.37. The van der Waals surface area contributed by atoms with Gasteiger partial charge in [0.2, 0.25) is 0 Å². The highest BCUT2D eigenvalue weighted by Gasteiger charge is 2.04. The summed E-state index contributed by atoms with van der Waals surface area (Å²) in [4.78, 5) is 8.58. The average Bonchev–Trinajstić information content (AvgIpc) is 2.69. The minimum atomic E-state index is 0.749. The van der Waals surface area contributed by atoms with Gasteiger partial charge >= 0.3 is 0 Å². The fourth-order valence-corrected chi connectivity index (χ4v) is 3.25. The molecular weight excluding hydrogens is 356 g/mol. The summed E-state index contributed by atoms with van der Waals surface area (Å²) in [7, 11) is 0. The molecule has 2 N–H and O–H groups in total. The molecule has 1 heterocycles. The Labute approximate surface area is 173 Å². The van der Waals surface area contributed by atoms with Crippen molar-refractivity contribution in [3.8, 4) is 0 Å². The second-order valence-corrected chi connectivity index (χ2v) is 7.20. The van der Waals surface area contributed by atoms with Crippen LogP contribution < -0.4 is 10.6 Å². The Morgan fingerprint density at radius 2 is 1.66 bits per heavy atom. The van der Waals surface area contributed by atoms with Crippen LogP contribution in [-0.2, 0) is 19.3 Å². The number of benzene rings is 2. The van der Waals surface area contributed by atoms with Gasteiger partial charge in [-0.25, -0.2) is 9.97 Å². The lowest BCUT2D eigenvalue weighted by Gasteiger charge is -2.13. The molecule has 0 aliphatic heterocycles. The molecule has 1 aromatic heterocycles. The predicted molar refractivity (Wildman–Crippen MR) is 122 cm³/mol. The van der Waals surface area contributed by atoms with Crippen LogP contribution in [0.4, 0.5) is 11.5 Å². The SMILES string of the molecule is C=C(C)Nc1cc(Cc2ccc(NC(=C)Cc3ccccc3CC)cc2)ncn1. The van der Waals surface area contributed by atoms with E-state index in [0.29, 0.717) is 0 Å². The third-order valence-electron chi connectivity index (χ3n) is 4.63. The molecule has 0 saturated heterocycles. The number of rotatable bonds is 9. The van der Waals surface area contributed by atoms with E-state index in [9.17, 15) is 0 Å². The number of hydrogen-bond acceptors (Lipinski definition) is 4. The van der Waals surface area contributed by atoms with E-state index in [4.69, 9.17) is 0 Å². The Hall–Kier alpha value is -3.40. The second-order valence-electron chi connectivity index (χ2n) is 7.20. The fraction of sp³-hybridized carbons (Fsp3) is 0.200. The van der Waals surface area contributed by atoms with Crippen molar-refractivity contribution >= 4 is 11.5 Å². The van der Waals surface area contributed by atoms with Crippen molar-refractivity contribution < 1.29 is 0 Å². The van der Waals surface area contributed by atoms with E-state index in [-0.39, 0.29) is 0 Å². The number of hydrogen-bond donors (Lipinski definition) is 2. The standard InChI is InChI=1S/C25H28N4/c1-5-21-8-6-7-9-22(21)14-19(4)29-23-12-10-20(11-13-23)15-24-16-25(27-17-26-24)28-18(2)3/h6-13,16-17,29H,2,4-5,14-15H2,1,3H3,(H,26,27,28). The molecule has 148 valence electrons. The van der Waals surface area contributed by atoms with Gasteiger partial charge in [-0.3, -0.25) is 0 Å². The van der Waals surface area contributed by atoms with Crippen LogP contribution in [-0.4, -0.2) is 9.97 Å². The highest BCUT2D eigenvalue weighted by Crippen LogP contribution is 2.18. The van der Waals surface area contributed by atoms with E-state index >= 15 is 0 Å². The number of aromatic nitrogens is 2. The van der Waals surface area contributed by atoms with E-state index in [1.54, 1.807) is 6.33 Å². The Kier molecular flexibility index (Phi) is 6.80. The van der Waals surface area contributed by atoms with E-state index in [1.165, 1.54) is 16.7 Å². The van der Waals surface area contributed by atoms with Crippen LogP contribution >= 0.6 is 0 Å². The quantitative estimate of drug-likeness (QED) is 0.494. The minimum absolute atomic E-state index is 0.749. The summed E-state index contributed by atoms with van der Waals surface area (Å²) in [6.07, 6.45) is 4.18. The van der Waals surface area contributed by atoms with Crippen molar-refractivity contribution in [1.82, 2.24) is 9.97 Å². The number of anilines is 2. The Morgan fingerprint density at radius 3 is 2.34 bits per heavy atom. The van der Waals surface area contributed by atoms with Crippen molar-refractivity contribution in [2.24, 2.45) is 0 Å². The van der Waals surface area contributed by atoms with Crippen molar-refractivity contribution in [3.05, 3.63) is 108 Å². The van der Waals surface area contributed by atoms with Gasteiger partial charge in [0.15, 0.2) is 0 Å². The molecule has 0 aliphatic rings. The first-order chi connectivity index (χ1) is 14.0. The third kappa shape index (κ3) is 6.04. The Bertz CT molecular complexity index is 990. The zero-order valence-electron chi connectivity index (χ0n) is 17.2. The molecule has 0 aliphatic carbocycles. The van der Waals surface area contributed by atoms with Gasteiger partial charge in [0.1, 0.15) is 12.1 Å². The molecular formula is C25H28N4. The smallest absolute Gasteiger partial charge is 0.133 e. The highest BCUT2D eigenvalue weighted by atomic mass is 15.0. The van der Waals surface area contributed by atoms with Gasteiger partial charge in [0.25, 0.3) is 0 Å². The van der Waals surface area contributed by atoms with Crippen molar-refractivity contribution in [1.29, 1.82) is 0 Å². The normalized spacial score (nSPS) is 10.4. The Morgan fingerprint density at radius 1 is 0.931 bits per heavy atom. The summed E-state index contributed by atoms with van der Waals surface area (Å²) in [6.45, 7) is 12.1. The molecule has 0 radical (unpaired) electrons. The molecule has 0 bridgehead atoms. The van der Waals surface area contributed by atoms with Gasteiger partial charge in [0, 0.05) is 36.0 Å². The van der Waals surface area contributed by atoms with Crippen LogP contribution in [0.25, 0.3) is 0 Å². The van der Waals surface area contributed by atoms with Gasteiger partial charge in [-0.05, 0) is 42.2 Å². The van der Waals surface area contributed by atoms with E-state index in [1.807, 2.05) is 13.0 Å². The van der Waals surface area contributed by atoms with Crippen LogP contribution in [0.2, 0.25) is 0 Å². The molecule has 29 heavy (non-hydrogen) atoms. The van der Waals surface area contributed by atoms with E-state index in [2.05, 4.69) is 89.2 Å². The Balaban J connectivity index is 1.60. The van der Waals surface area contributed by atoms with Gasteiger partial charge < -0.3 is 10.6 Å². The van der Waals surface area contributed by atoms with Crippen molar-refractivity contribution in [2.75, 3.05) is 10.6 Å². The fourth-order valence-electron chi connectivity index (χ4n) is 3.25. The second kappa shape index (κ2) is 9.69. The lowest BCUT2D eigenvalue weighted by atomic mass is 10.0. The number of aryl methyl sites for hydroxylation is 1. The lowest BCUT2D eigenvalue weighted by Crippen LogP contribution is -2.04.